The second-order valence-corrected chi connectivity index (χ2v) is 8.58. The molecule has 2 unspecified atom stereocenters. The topological polar surface area (TPSA) is 118 Å². The van der Waals surface area contributed by atoms with E-state index in [0.29, 0.717) is 4.31 Å². The monoisotopic (exact) mass is 301 g/mol. The second-order valence-electron chi connectivity index (χ2n) is 4.15. The van der Waals surface area contributed by atoms with Crippen molar-refractivity contribution in [3.63, 3.8) is 0 Å². The van der Waals surface area contributed by atoms with Crippen molar-refractivity contribution in [2.24, 2.45) is 0 Å². The van der Waals surface area contributed by atoms with E-state index < -0.39 is 43.1 Å². The molecule has 2 atom stereocenters. The lowest BCUT2D eigenvalue weighted by Gasteiger charge is -2.21. The summed E-state index contributed by atoms with van der Waals surface area (Å²) in [6, 6.07) is -1.17. The molecule has 0 radical (unpaired) electrons. The van der Waals surface area contributed by atoms with Gasteiger partial charge in [-0.15, -0.1) is 0 Å². The Labute approximate surface area is 106 Å². The Balaban J connectivity index is 3.03. The number of rotatable bonds is 4. The molecule has 1 saturated heterocycles. The number of carbonyl (C=O) groups excluding carboxylic acids is 1. The van der Waals surface area contributed by atoms with Gasteiger partial charge in [-0.1, -0.05) is 0 Å². The molecule has 10 heteroatoms. The lowest BCUT2D eigenvalue weighted by atomic mass is 10.2. The molecule has 0 bridgehead atoms. The van der Waals surface area contributed by atoms with Gasteiger partial charge < -0.3 is 9.84 Å². The maximum Gasteiger partial charge on any atom is 0.324 e. The van der Waals surface area contributed by atoms with Gasteiger partial charge in [0.05, 0.1) is 13.2 Å². The molecule has 0 saturated carbocycles. The van der Waals surface area contributed by atoms with Crippen molar-refractivity contribution in [3.8, 4) is 0 Å². The summed E-state index contributed by atoms with van der Waals surface area (Å²) in [5, 5.41) is 8.32. The zero-order valence-electron chi connectivity index (χ0n) is 9.94. The Morgan fingerprint density at radius 1 is 1.39 bits per heavy atom. The van der Waals surface area contributed by atoms with Crippen LogP contribution < -0.4 is 0 Å². The highest BCUT2D eigenvalue weighted by Crippen LogP contribution is 2.23. The Bertz CT molecular complexity index is 524. The highest BCUT2D eigenvalue weighted by Gasteiger charge is 2.44. The van der Waals surface area contributed by atoms with Crippen molar-refractivity contribution in [1.82, 2.24) is 4.31 Å². The number of β-amino-alcohol motifs (C(OH)–C–C–N with tert-alkyl or cyclic N) is 1. The molecule has 0 aromatic carbocycles. The fourth-order valence-corrected chi connectivity index (χ4v) is 5.45. The molecule has 0 aromatic rings. The van der Waals surface area contributed by atoms with Crippen LogP contribution in [0.3, 0.4) is 0 Å². The van der Waals surface area contributed by atoms with Crippen LogP contribution in [0.1, 0.15) is 6.42 Å². The standard InChI is InChI=1S/C8H15NO7S2/c1-16-8(11)7-3-6(10)4-9(7)18(14,15)5-17(2,12)13/h6-7,10H,3-5H2,1-2H3. The summed E-state index contributed by atoms with van der Waals surface area (Å²) in [6.45, 7) is -0.308. The molecule has 1 rings (SSSR count). The van der Waals surface area contributed by atoms with Gasteiger partial charge in [0.2, 0.25) is 10.0 Å². The van der Waals surface area contributed by atoms with Crippen LogP contribution in [-0.2, 0) is 29.4 Å². The fraction of sp³-hybridized carbons (Fsp3) is 0.875. The molecule has 8 nitrogen and oxygen atoms in total. The van der Waals surface area contributed by atoms with E-state index in [0.717, 1.165) is 13.4 Å². The van der Waals surface area contributed by atoms with Crippen LogP contribution >= 0.6 is 0 Å². The average Bonchev–Trinajstić information content (AvgIpc) is 2.56. The predicted octanol–water partition coefficient (Wildman–Crippen LogP) is -2.07. The van der Waals surface area contributed by atoms with E-state index in [1.165, 1.54) is 0 Å². The Morgan fingerprint density at radius 2 is 1.94 bits per heavy atom. The van der Waals surface area contributed by atoms with Gasteiger partial charge >= 0.3 is 5.97 Å². The van der Waals surface area contributed by atoms with Gasteiger partial charge in [0.25, 0.3) is 0 Å². The summed E-state index contributed by atoms with van der Waals surface area (Å²) in [6.07, 6.45) is -0.330. The van der Waals surface area contributed by atoms with Crippen molar-refractivity contribution in [3.05, 3.63) is 0 Å². The number of carbonyl (C=O) groups is 1. The molecule has 1 fully saturated rings. The second kappa shape index (κ2) is 5.11. The number of ether oxygens (including phenoxy) is 1. The zero-order valence-corrected chi connectivity index (χ0v) is 11.6. The normalized spacial score (nSPS) is 26.2. The Morgan fingerprint density at radius 3 is 2.39 bits per heavy atom. The van der Waals surface area contributed by atoms with E-state index in [2.05, 4.69) is 4.74 Å². The molecule has 0 aromatic heterocycles. The SMILES string of the molecule is COC(=O)C1CC(O)CN1S(=O)(=O)CS(C)(=O)=O. The van der Waals surface area contributed by atoms with Crippen molar-refractivity contribution >= 4 is 25.8 Å². The van der Waals surface area contributed by atoms with Gasteiger partial charge in [-0.3, -0.25) is 4.79 Å². The van der Waals surface area contributed by atoms with Crippen LogP contribution in [0.4, 0.5) is 0 Å². The molecule has 1 aliphatic rings. The van der Waals surface area contributed by atoms with E-state index in [4.69, 9.17) is 0 Å². The molecule has 1 N–H and O–H groups in total. The smallest absolute Gasteiger partial charge is 0.324 e. The van der Waals surface area contributed by atoms with Crippen LogP contribution in [0.5, 0.6) is 0 Å². The first-order valence-corrected chi connectivity index (χ1v) is 8.67. The maximum atomic E-state index is 11.9. The first-order chi connectivity index (χ1) is 8.07. The van der Waals surface area contributed by atoms with Crippen LogP contribution in [-0.4, -0.2) is 69.4 Å². The van der Waals surface area contributed by atoms with E-state index in [-0.39, 0.29) is 13.0 Å². The number of nitrogens with zero attached hydrogens (tertiary/aromatic N) is 1. The first-order valence-electron chi connectivity index (χ1n) is 5.00. The first kappa shape index (κ1) is 15.3. The van der Waals surface area contributed by atoms with E-state index in [9.17, 15) is 26.7 Å². The third-order valence-corrected chi connectivity index (χ3v) is 6.45. The average molecular weight is 301 g/mol. The quantitative estimate of drug-likeness (QED) is 0.592. The fourth-order valence-electron chi connectivity index (χ4n) is 1.78. The molecular weight excluding hydrogens is 286 g/mol. The molecule has 0 spiro atoms. The van der Waals surface area contributed by atoms with Crippen molar-refractivity contribution in [1.29, 1.82) is 0 Å². The zero-order chi connectivity index (χ0) is 14.1. The summed E-state index contributed by atoms with van der Waals surface area (Å²) >= 11 is 0. The predicted molar refractivity (Wildman–Crippen MR) is 61.8 cm³/mol. The molecule has 1 heterocycles. The summed E-state index contributed by atoms with van der Waals surface area (Å²) in [5.41, 5.74) is 0. The summed E-state index contributed by atoms with van der Waals surface area (Å²) < 4.78 is 50.9. The van der Waals surface area contributed by atoms with Gasteiger partial charge in [0.1, 0.15) is 6.04 Å². The third-order valence-electron chi connectivity index (χ3n) is 2.43. The number of methoxy groups -OCH3 is 1. The van der Waals surface area contributed by atoms with Crippen LogP contribution in [0.25, 0.3) is 0 Å². The molecular formula is C8H15NO7S2. The number of esters is 1. The highest BCUT2D eigenvalue weighted by molar-refractivity contribution is 8.06. The number of sulfone groups is 1. The van der Waals surface area contributed by atoms with E-state index >= 15 is 0 Å². The van der Waals surface area contributed by atoms with Gasteiger partial charge in [-0.25, -0.2) is 16.8 Å². The van der Waals surface area contributed by atoms with Crippen molar-refractivity contribution in [2.75, 3.05) is 25.0 Å². The molecule has 1 aliphatic heterocycles. The largest absolute Gasteiger partial charge is 0.468 e. The van der Waals surface area contributed by atoms with E-state index in [1.807, 2.05) is 0 Å². The van der Waals surface area contributed by atoms with Crippen molar-refractivity contribution in [2.45, 2.75) is 18.6 Å². The van der Waals surface area contributed by atoms with Crippen LogP contribution in [0.2, 0.25) is 0 Å². The number of sulfonamides is 1. The number of aliphatic hydroxyl groups excluding tert-OH is 1. The Kier molecular flexibility index (Phi) is 4.36. The molecule has 0 amide bonds. The number of hydrogen-bond acceptors (Lipinski definition) is 7. The van der Waals surface area contributed by atoms with Gasteiger partial charge in [0, 0.05) is 19.2 Å². The maximum absolute atomic E-state index is 11.9. The van der Waals surface area contributed by atoms with Gasteiger partial charge in [-0.05, 0) is 0 Å². The lowest BCUT2D eigenvalue weighted by Crippen LogP contribution is -2.43. The minimum Gasteiger partial charge on any atom is -0.468 e. The summed E-state index contributed by atoms with van der Waals surface area (Å²) in [4.78, 5) is 11.4. The molecule has 0 aliphatic carbocycles. The molecule has 18 heavy (non-hydrogen) atoms. The van der Waals surface area contributed by atoms with Gasteiger partial charge in [0.15, 0.2) is 14.9 Å². The highest BCUT2D eigenvalue weighted by atomic mass is 32.3. The summed E-state index contributed by atoms with van der Waals surface area (Å²) in [5.74, 6) is -0.816. The van der Waals surface area contributed by atoms with Crippen molar-refractivity contribution < 1.29 is 31.5 Å². The lowest BCUT2D eigenvalue weighted by molar-refractivity contribution is -0.144. The van der Waals surface area contributed by atoms with E-state index in [1.54, 1.807) is 0 Å². The minimum absolute atomic E-state index is 0.102. The van der Waals surface area contributed by atoms with Crippen LogP contribution in [0.15, 0.2) is 0 Å². The third kappa shape index (κ3) is 3.64. The number of hydrogen-bond donors (Lipinski definition) is 1. The Hall–Kier alpha value is -0.710. The summed E-state index contributed by atoms with van der Waals surface area (Å²) in [7, 11) is -6.83. The molecule has 106 valence electrons. The van der Waals surface area contributed by atoms with Gasteiger partial charge in [-0.2, -0.15) is 4.31 Å². The number of aliphatic hydroxyl groups is 1. The van der Waals surface area contributed by atoms with Crippen LogP contribution in [0, 0.1) is 0 Å². The minimum atomic E-state index is -4.17.